The van der Waals surface area contributed by atoms with E-state index in [1.54, 1.807) is 5.56 Å². The van der Waals surface area contributed by atoms with Crippen LogP contribution in [0.5, 0.6) is 0 Å². The summed E-state index contributed by atoms with van der Waals surface area (Å²) in [4.78, 5) is 0. The number of nitrogens with zero attached hydrogens (tertiary/aromatic N) is 1. The van der Waals surface area contributed by atoms with Gasteiger partial charge in [-0.25, -0.2) is 0 Å². The predicted molar refractivity (Wildman–Crippen MR) is 108 cm³/mol. The fraction of sp³-hybridized carbons (Fsp3) is 0.565. The number of hydrogen-bond donors (Lipinski definition) is 0. The fourth-order valence-corrected chi connectivity index (χ4v) is 3.74. The lowest BCUT2D eigenvalue weighted by molar-refractivity contribution is 0.625. The molecule has 0 bridgehead atoms. The Kier molecular flexibility index (Phi) is 7.62. The van der Waals surface area contributed by atoms with E-state index in [1.165, 1.54) is 68.0 Å². The second-order valence-corrected chi connectivity index (χ2v) is 7.10. The maximum Gasteiger partial charge on any atom is 0.0482 e. The molecule has 0 aliphatic rings. The lowest BCUT2D eigenvalue weighted by atomic mass is 9.90. The molecule has 0 amide bonds. The molecule has 0 N–H and O–H groups in total. The number of aryl methyl sites for hydroxylation is 1. The van der Waals surface area contributed by atoms with Crippen molar-refractivity contribution in [1.29, 1.82) is 0 Å². The van der Waals surface area contributed by atoms with Crippen LogP contribution in [-0.4, -0.2) is 4.57 Å². The minimum atomic E-state index is 0.560. The maximum atomic E-state index is 2.50. The summed E-state index contributed by atoms with van der Waals surface area (Å²) in [5.41, 5.74) is 4.34. The van der Waals surface area contributed by atoms with Crippen molar-refractivity contribution < 1.29 is 0 Å². The molecule has 2 rings (SSSR count). The van der Waals surface area contributed by atoms with Crippen LogP contribution >= 0.6 is 0 Å². The molecule has 0 radical (unpaired) electrons. The van der Waals surface area contributed by atoms with Crippen LogP contribution in [0.1, 0.15) is 82.4 Å². The summed E-state index contributed by atoms with van der Waals surface area (Å²) >= 11 is 0. The first kappa shape index (κ1) is 18.8. The van der Waals surface area contributed by atoms with Crippen molar-refractivity contribution in [2.75, 3.05) is 0 Å². The van der Waals surface area contributed by atoms with E-state index in [2.05, 4.69) is 68.8 Å². The van der Waals surface area contributed by atoms with Gasteiger partial charge in [0.1, 0.15) is 0 Å². The van der Waals surface area contributed by atoms with Crippen molar-refractivity contribution in [3.63, 3.8) is 0 Å². The first-order valence-electron chi connectivity index (χ1n) is 9.91. The van der Waals surface area contributed by atoms with Gasteiger partial charge in [-0.05, 0) is 37.8 Å². The molecule has 1 atom stereocenters. The Hall–Kier alpha value is -1.50. The molecule has 0 spiro atoms. The van der Waals surface area contributed by atoms with Gasteiger partial charge >= 0.3 is 0 Å². The summed E-state index contributed by atoms with van der Waals surface area (Å²) in [5, 5.41) is 1.44. The summed E-state index contributed by atoms with van der Waals surface area (Å²) in [5.74, 6) is 0.560. The van der Waals surface area contributed by atoms with Gasteiger partial charge in [0, 0.05) is 29.6 Å². The number of para-hydroxylation sites is 1. The van der Waals surface area contributed by atoms with E-state index in [0.29, 0.717) is 5.92 Å². The van der Waals surface area contributed by atoms with Crippen LogP contribution in [0.3, 0.4) is 0 Å². The van der Waals surface area contributed by atoms with Crippen LogP contribution in [0.2, 0.25) is 0 Å². The zero-order valence-electron chi connectivity index (χ0n) is 16.1. The van der Waals surface area contributed by atoms with Crippen molar-refractivity contribution >= 4 is 10.9 Å². The molecule has 1 nitrogen and oxygen atoms in total. The normalized spacial score (nSPS) is 13.2. The minimum absolute atomic E-state index is 0.560. The van der Waals surface area contributed by atoms with Crippen molar-refractivity contribution in [2.45, 2.75) is 78.1 Å². The van der Waals surface area contributed by atoms with Crippen molar-refractivity contribution in [1.82, 2.24) is 4.57 Å². The SMILES string of the molecule is CCCCC/C=C/C(CCCCC)c1c(C)n(C)c2ccccc12. The standard InChI is InChI=1S/C23H35N/c1-5-7-9-10-12-16-20(15-11-8-6-2)23-19(3)24(4)22-18-14-13-17-21(22)23/h12-14,16-18,20H,5-11,15H2,1-4H3/b16-12+. The van der Waals surface area contributed by atoms with Crippen molar-refractivity contribution in [2.24, 2.45) is 7.05 Å². The molecular formula is C23H35N. The zero-order valence-corrected chi connectivity index (χ0v) is 16.1. The number of fused-ring (bicyclic) bond motifs is 1. The Morgan fingerprint density at radius 2 is 1.71 bits per heavy atom. The summed E-state index contributed by atoms with van der Waals surface area (Å²) in [6.07, 6.45) is 15.4. The Morgan fingerprint density at radius 3 is 2.46 bits per heavy atom. The largest absolute Gasteiger partial charge is 0.348 e. The Morgan fingerprint density at radius 1 is 1.00 bits per heavy atom. The van der Waals surface area contributed by atoms with Crippen molar-refractivity contribution in [3.8, 4) is 0 Å². The molecule has 1 unspecified atom stereocenters. The molecule has 132 valence electrons. The topological polar surface area (TPSA) is 4.93 Å². The monoisotopic (exact) mass is 325 g/mol. The minimum Gasteiger partial charge on any atom is -0.348 e. The lowest BCUT2D eigenvalue weighted by Gasteiger charge is -2.14. The highest BCUT2D eigenvalue weighted by molar-refractivity contribution is 5.86. The third kappa shape index (κ3) is 4.53. The molecule has 1 heteroatoms. The first-order valence-corrected chi connectivity index (χ1v) is 9.91. The third-order valence-electron chi connectivity index (χ3n) is 5.28. The molecule has 0 aliphatic heterocycles. The number of unbranched alkanes of at least 4 members (excludes halogenated alkanes) is 5. The van der Waals surface area contributed by atoms with Gasteiger partial charge in [-0.15, -0.1) is 0 Å². The molecule has 0 aliphatic carbocycles. The van der Waals surface area contributed by atoms with E-state index in [-0.39, 0.29) is 0 Å². The second kappa shape index (κ2) is 9.71. The van der Waals surface area contributed by atoms with Crippen LogP contribution in [0.25, 0.3) is 10.9 Å². The van der Waals surface area contributed by atoms with Gasteiger partial charge in [-0.2, -0.15) is 0 Å². The number of allylic oxidation sites excluding steroid dienone is 2. The van der Waals surface area contributed by atoms with E-state index in [1.807, 2.05) is 0 Å². The molecule has 0 fully saturated rings. The van der Waals surface area contributed by atoms with Crippen LogP contribution < -0.4 is 0 Å². The molecule has 24 heavy (non-hydrogen) atoms. The van der Waals surface area contributed by atoms with E-state index < -0.39 is 0 Å². The van der Waals surface area contributed by atoms with Crippen molar-refractivity contribution in [3.05, 3.63) is 47.7 Å². The molecule has 0 saturated carbocycles. The number of aromatic nitrogens is 1. The highest BCUT2D eigenvalue weighted by Crippen LogP contribution is 2.35. The number of benzene rings is 1. The van der Waals surface area contributed by atoms with Gasteiger partial charge in [0.25, 0.3) is 0 Å². The predicted octanol–water partition coefficient (Wildman–Crippen LogP) is 7.29. The molecule has 0 saturated heterocycles. The summed E-state index contributed by atoms with van der Waals surface area (Å²) in [6, 6.07) is 8.88. The summed E-state index contributed by atoms with van der Waals surface area (Å²) in [7, 11) is 2.20. The lowest BCUT2D eigenvalue weighted by Crippen LogP contribution is -1.99. The molecule has 1 heterocycles. The van der Waals surface area contributed by atoms with E-state index >= 15 is 0 Å². The molecule has 1 aromatic heterocycles. The fourth-order valence-electron chi connectivity index (χ4n) is 3.74. The van der Waals surface area contributed by atoms with Crippen LogP contribution in [0, 0.1) is 6.92 Å². The Bertz CT molecular complexity index is 647. The van der Waals surface area contributed by atoms with E-state index in [0.717, 1.165) is 0 Å². The van der Waals surface area contributed by atoms with Gasteiger partial charge in [-0.3, -0.25) is 0 Å². The smallest absolute Gasteiger partial charge is 0.0482 e. The van der Waals surface area contributed by atoms with Gasteiger partial charge in [-0.1, -0.05) is 76.3 Å². The maximum absolute atomic E-state index is 2.50. The van der Waals surface area contributed by atoms with E-state index in [9.17, 15) is 0 Å². The Labute approximate surface area is 148 Å². The van der Waals surface area contributed by atoms with Gasteiger partial charge in [0.15, 0.2) is 0 Å². The molecule has 1 aromatic carbocycles. The van der Waals surface area contributed by atoms with Crippen LogP contribution in [0.15, 0.2) is 36.4 Å². The highest BCUT2D eigenvalue weighted by atomic mass is 14.9. The second-order valence-electron chi connectivity index (χ2n) is 7.10. The molecular weight excluding hydrogens is 290 g/mol. The average Bonchev–Trinajstić information content (AvgIpc) is 2.85. The van der Waals surface area contributed by atoms with Gasteiger partial charge < -0.3 is 4.57 Å². The number of hydrogen-bond acceptors (Lipinski definition) is 0. The van der Waals surface area contributed by atoms with Crippen LogP contribution in [-0.2, 0) is 7.05 Å². The average molecular weight is 326 g/mol. The van der Waals surface area contributed by atoms with Gasteiger partial charge in [0.05, 0.1) is 0 Å². The summed E-state index contributed by atoms with van der Waals surface area (Å²) < 4.78 is 2.36. The first-order chi connectivity index (χ1) is 11.7. The molecule has 2 aromatic rings. The zero-order chi connectivity index (χ0) is 17.4. The number of rotatable bonds is 10. The highest BCUT2D eigenvalue weighted by Gasteiger charge is 2.18. The quantitative estimate of drug-likeness (QED) is 0.319. The Balaban J connectivity index is 2.27. The third-order valence-corrected chi connectivity index (χ3v) is 5.28. The van der Waals surface area contributed by atoms with E-state index in [4.69, 9.17) is 0 Å². The van der Waals surface area contributed by atoms with Crippen LogP contribution in [0.4, 0.5) is 0 Å². The summed E-state index contributed by atoms with van der Waals surface area (Å²) in [6.45, 7) is 6.85. The van der Waals surface area contributed by atoms with Gasteiger partial charge in [0.2, 0.25) is 0 Å².